The lowest BCUT2D eigenvalue weighted by Gasteiger charge is -2.23. The quantitative estimate of drug-likeness (QED) is 0.548. The topological polar surface area (TPSA) is 50.4 Å². The van der Waals surface area contributed by atoms with Gasteiger partial charge in [-0.05, 0) is 0 Å². The van der Waals surface area contributed by atoms with Crippen LogP contribution >= 0.6 is 0 Å². The summed E-state index contributed by atoms with van der Waals surface area (Å²) in [4.78, 5) is 10.5. The molecule has 1 heterocycles. The molecule has 64 valence electrons. The average Bonchev–Trinajstić information content (AvgIpc) is 2.03. The van der Waals surface area contributed by atoms with Crippen LogP contribution in [-0.2, 0) is 9.53 Å². The largest absolute Gasteiger partial charge is 0.374 e. The van der Waals surface area contributed by atoms with Crippen molar-refractivity contribution in [3.63, 3.8) is 0 Å². The number of hydrogen-bond acceptors (Lipinski definition) is 3. The van der Waals surface area contributed by atoms with Crippen LogP contribution in [0.5, 0.6) is 0 Å². The van der Waals surface area contributed by atoms with Crippen LogP contribution < -0.4 is 10.6 Å². The predicted molar refractivity (Wildman–Crippen MR) is 41.3 cm³/mol. The molecule has 4 heteroatoms. The van der Waals surface area contributed by atoms with Gasteiger partial charge in [-0.25, -0.2) is 0 Å². The lowest BCUT2D eigenvalue weighted by Crippen LogP contribution is -2.44. The molecule has 0 unspecified atom stereocenters. The lowest BCUT2D eigenvalue weighted by atomic mass is 10.3. The van der Waals surface area contributed by atoms with Crippen LogP contribution in [0, 0.1) is 0 Å². The molecule has 11 heavy (non-hydrogen) atoms. The minimum atomic E-state index is -0.000765. The summed E-state index contributed by atoms with van der Waals surface area (Å²) in [6.45, 7) is 4.61. The molecule has 0 radical (unpaired) electrons. The standard InChI is InChI=1S/C7H14N2O2/c1-6(10)9-5-7-4-8-2-3-11-7/h7-8H,2-5H2,1H3,(H,9,10)/t7-/m1/s1. The van der Waals surface area contributed by atoms with Crippen molar-refractivity contribution in [1.29, 1.82) is 0 Å². The highest BCUT2D eigenvalue weighted by molar-refractivity contribution is 5.72. The van der Waals surface area contributed by atoms with E-state index in [4.69, 9.17) is 4.74 Å². The van der Waals surface area contributed by atoms with E-state index in [0.29, 0.717) is 6.54 Å². The van der Waals surface area contributed by atoms with E-state index in [1.54, 1.807) is 0 Å². The molecule has 0 spiro atoms. The number of carbonyl (C=O) groups is 1. The van der Waals surface area contributed by atoms with Gasteiger partial charge in [0.25, 0.3) is 0 Å². The first-order valence-corrected chi connectivity index (χ1v) is 3.86. The fourth-order valence-corrected chi connectivity index (χ4v) is 1.01. The Labute approximate surface area is 66.3 Å². The van der Waals surface area contributed by atoms with Crippen LogP contribution in [0.15, 0.2) is 0 Å². The molecule has 0 aliphatic carbocycles. The average molecular weight is 158 g/mol. The maximum absolute atomic E-state index is 10.5. The summed E-state index contributed by atoms with van der Waals surface area (Å²) in [5, 5.41) is 5.89. The molecule has 0 aromatic carbocycles. The second-order valence-electron chi connectivity index (χ2n) is 2.63. The molecule has 4 nitrogen and oxygen atoms in total. The summed E-state index contributed by atoms with van der Waals surface area (Å²) in [6, 6.07) is 0. The monoisotopic (exact) mass is 158 g/mol. The van der Waals surface area contributed by atoms with E-state index in [1.165, 1.54) is 6.92 Å². The number of nitrogens with one attached hydrogen (secondary N) is 2. The van der Waals surface area contributed by atoms with Gasteiger partial charge in [-0.3, -0.25) is 4.79 Å². The van der Waals surface area contributed by atoms with E-state index in [1.807, 2.05) is 0 Å². The number of hydrogen-bond donors (Lipinski definition) is 2. The first-order chi connectivity index (χ1) is 5.29. The third kappa shape index (κ3) is 3.34. The zero-order chi connectivity index (χ0) is 8.10. The zero-order valence-corrected chi connectivity index (χ0v) is 6.72. The van der Waals surface area contributed by atoms with Crippen molar-refractivity contribution in [3.05, 3.63) is 0 Å². The van der Waals surface area contributed by atoms with Crippen molar-refractivity contribution in [3.8, 4) is 0 Å². The minimum absolute atomic E-state index is 0.000765. The number of carbonyl (C=O) groups excluding carboxylic acids is 1. The molecule has 1 amide bonds. The first kappa shape index (κ1) is 8.49. The molecule has 1 aliphatic heterocycles. The Hall–Kier alpha value is -0.610. The van der Waals surface area contributed by atoms with Crippen molar-refractivity contribution in [2.45, 2.75) is 13.0 Å². The molecule has 0 saturated carbocycles. The van der Waals surface area contributed by atoms with Crippen molar-refractivity contribution in [2.75, 3.05) is 26.2 Å². The van der Waals surface area contributed by atoms with Gasteiger partial charge in [0, 0.05) is 26.6 Å². The van der Waals surface area contributed by atoms with E-state index in [9.17, 15) is 4.79 Å². The molecule has 1 fully saturated rings. The highest BCUT2D eigenvalue weighted by atomic mass is 16.5. The Bertz CT molecular complexity index is 132. The van der Waals surface area contributed by atoms with Gasteiger partial charge in [-0.15, -0.1) is 0 Å². The van der Waals surface area contributed by atoms with Crippen molar-refractivity contribution >= 4 is 5.91 Å². The maximum Gasteiger partial charge on any atom is 0.216 e. The number of amides is 1. The highest BCUT2D eigenvalue weighted by Crippen LogP contribution is 1.93. The van der Waals surface area contributed by atoms with E-state index >= 15 is 0 Å². The summed E-state index contributed by atoms with van der Waals surface area (Å²) in [6.07, 6.45) is 0.146. The Morgan fingerprint density at radius 3 is 3.18 bits per heavy atom. The second-order valence-corrected chi connectivity index (χ2v) is 2.63. The van der Waals surface area contributed by atoms with Gasteiger partial charge in [-0.1, -0.05) is 0 Å². The Kier molecular flexibility index (Phi) is 3.32. The fourth-order valence-electron chi connectivity index (χ4n) is 1.01. The van der Waals surface area contributed by atoms with Gasteiger partial charge in [0.15, 0.2) is 0 Å². The van der Waals surface area contributed by atoms with E-state index in [2.05, 4.69) is 10.6 Å². The molecule has 1 saturated heterocycles. The molecule has 1 rings (SSSR count). The fraction of sp³-hybridized carbons (Fsp3) is 0.857. The Morgan fingerprint density at radius 1 is 1.82 bits per heavy atom. The summed E-state index contributed by atoms with van der Waals surface area (Å²) in [7, 11) is 0. The first-order valence-electron chi connectivity index (χ1n) is 3.86. The van der Waals surface area contributed by atoms with Crippen molar-refractivity contribution in [1.82, 2.24) is 10.6 Å². The molecule has 0 aromatic heterocycles. The number of rotatable bonds is 2. The van der Waals surface area contributed by atoms with Crippen LogP contribution in [0.25, 0.3) is 0 Å². The van der Waals surface area contributed by atoms with E-state index in [-0.39, 0.29) is 12.0 Å². The van der Waals surface area contributed by atoms with Crippen molar-refractivity contribution < 1.29 is 9.53 Å². The minimum Gasteiger partial charge on any atom is -0.374 e. The molecule has 0 aromatic rings. The molecule has 1 atom stereocenters. The highest BCUT2D eigenvalue weighted by Gasteiger charge is 2.12. The van der Waals surface area contributed by atoms with Gasteiger partial charge >= 0.3 is 0 Å². The van der Waals surface area contributed by atoms with Gasteiger partial charge in [-0.2, -0.15) is 0 Å². The maximum atomic E-state index is 10.5. The van der Waals surface area contributed by atoms with Crippen LogP contribution in [0.3, 0.4) is 0 Å². The van der Waals surface area contributed by atoms with Crippen LogP contribution in [-0.4, -0.2) is 38.3 Å². The normalized spacial score (nSPS) is 24.6. The van der Waals surface area contributed by atoms with Crippen LogP contribution in [0.4, 0.5) is 0 Å². The van der Waals surface area contributed by atoms with Gasteiger partial charge in [0.05, 0.1) is 12.7 Å². The summed E-state index contributed by atoms with van der Waals surface area (Å²) >= 11 is 0. The summed E-state index contributed by atoms with van der Waals surface area (Å²) < 4.78 is 5.35. The predicted octanol–water partition coefficient (Wildman–Crippen LogP) is -0.889. The van der Waals surface area contributed by atoms with Crippen LogP contribution in [0.2, 0.25) is 0 Å². The number of ether oxygens (including phenoxy) is 1. The molecule has 0 bridgehead atoms. The third-order valence-electron chi connectivity index (χ3n) is 1.58. The van der Waals surface area contributed by atoms with Gasteiger partial charge in [0.1, 0.15) is 0 Å². The second kappa shape index (κ2) is 4.31. The zero-order valence-electron chi connectivity index (χ0n) is 6.72. The summed E-state index contributed by atoms with van der Waals surface area (Å²) in [5.74, 6) is -0.000765. The summed E-state index contributed by atoms with van der Waals surface area (Å²) in [5.41, 5.74) is 0. The third-order valence-corrected chi connectivity index (χ3v) is 1.58. The Balaban J connectivity index is 2.09. The SMILES string of the molecule is CC(=O)NC[C@H]1CNCCO1. The van der Waals surface area contributed by atoms with Crippen LogP contribution in [0.1, 0.15) is 6.92 Å². The van der Waals surface area contributed by atoms with E-state index in [0.717, 1.165) is 19.7 Å². The molecule has 1 aliphatic rings. The smallest absolute Gasteiger partial charge is 0.216 e. The lowest BCUT2D eigenvalue weighted by molar-refractivity contribution is -0.119. The number of morpholine rings is 1. The van der Waals surface area contributed by atoms with Gasteiger partial charge < -0.3 is 15.4 Å². The Morgan fingerprint density at radius 2 is 2.64 bits per heavy atom. The molecular formula is C7H14N2O2. The molecule has 2 N–H and O–H groups in total. The van der Waals surface area contributed by atoms with E-state index < -0.39 is 0 Å². The van der Waals surface area contributed by atoms with Crippen molar-refractivity contribution in [2.24, 2.45) is 0 Å². The van der Waals surface area contributed by atoms with Gasteiger partial charge in [0.2, 0.25) is 5.91 Å². The molecular weight excluding hydrogens is 144 g/mol.